The van der Waals surface area contributed by atoms with Crippen LogP contribution >= 0.6 is 0 Å². The van der Waals surface area contributed by atoms with Crippen molar-refractivity contribution in [3.8, 4) is 0 Å². The number of benzene rings is 1. The minimum absolute atomic E-state index is 0.0984. The molecule has 2 amide bonds. The van der Waals surface area contributed by atoms with E-state index < -0.39 is 0 Å². The number of para-hydroxylation sites is 1. The molecule has 0 bridgehead atoms. The Kier molecular flexibility index (Phi) is 5.89. The molecule has 1 N–H and O–H groups in total. The Morgan fingerprint density at radius 1 is 1.11 bits per heavy atom. The number of hydrogen-bond donors (Lipinski definition) is 1. The van der Waals surface area contributed by atoms with E-state index >= 15 is 0 Å². The Morgan fingerprint density at radius 2 is 1.85 bits per heavy atom. The van der Waals surface area contributed by atoms with Crippen LogP contribution in [-0.2, 0) is 0 Å². The molecular formula is C22H27N3O2. The van der Waals surface area contributed by atoms with Crippen molar-refractivity contribution in [1.82, 2.24) is 9.88 Å². The lowest BCUT2D eigenvalue weighted by Crippen LogP contribution is -2.39. The van der Waals surface area contributed by atoms with Crippen LogP contribution in [0.5, 0.6) is 0 Å². The van der Waals surface area contributed by atoms with Crippen LogP contribution in [0, 0.1) is 5.92 Å². The van der Waals surface area contributed by atoms with Gasteiger partial charge < -0.3 is 10.2 Å². The minimum Gasteiger partial charge on any atom is -0.337 e. The average Bonchev–Trinajstić information content (AvgIpc) is 2.67. The van der Waals surface area contributed by atoms with Crippen LogP contribution in [0.4, 0.5) is 5.69 Å². The molecule has 0 spiro atoms. The summed E-state index contributed by atoms with van der Waals surface area (Å²) in [7, 11) is 0. The van der Waals surface area contributed by atoms with Crippen molar-refractivity contribution < 1.29 is 9.59 Å². The molecule has 3 rings (SSSR count). The van der Waals surface area contributed by atoms with Crippen LogP contribution in [0.3, 0.4) is 0 Å². The first-order valence-electron chi connectivity index (χ1n) is 9.62. The second-order valence-corrected chi connectivity index (χ2v) is 7.60. The van der Waals surface area contributed by atoms with Crippen LogP contribution in [-0.4, -0.2) is 34.8 Å². The molecule has 142 valence electrons. The fourth-order valence-electron chi connectivity index (χ4n) is 3.52. The maximum absolute atomic E-state index is 12.8. The number of pyridine rings is 1. The van der Waals surface area contributed by atoms with E-state index in [2.05, 4.69) is 31.1 Å². The fraction of sp³-hybridized carbons (Fsp3) is 0.409. The zero-order valence-electron chi connectivity index (χ0n) is 16.2. The van der Waals surface area contributed by atoms with Crippen LogP contribution in [0.15, 0.2) is 42.5 Å². The summed E-state index contributed by atoms with van der Waals surface area (Å²) >= 11 is 0. The van der Waals surface area contributed by atoms with Gasteiger partial charge in [0.25, 0.3) is 11.8 Å². The summed E-state index contributed by atoms with van der Waals surface area (Å²) in [6.45, 7) is 7.83. The third-order valence-corrected chi connectivity index (χ3v) is 4.98. The van der Waals surface area contributed by atoms with Gasteiger partial charge in [-0.2, -0.15) is 0 Å². The van der Waals surface area contributed by atoms with E-state index in [1.54, 1.807) is 18.2 Å². The lowest BCUT2D eigenvalue weighted by atomic mass is 10.00. The molecule has 1 saturated heterocycles. The van der Waals surface area contributed by atoms with Gasteiger partial charge in [0, 0.05) is 18.8 Å². The normalized spacial score (nSPS) is 17.0. The van der Waals surface area contributed by atoms with Crippen LogP contribution < -0.4 is 5.32 Å². The zero-order chi connectivity index (χ0) is 19.4. The van der Waals surface area contributed by atoms with Gasteiger partial charge in [0.2, 0.25) is 0 Å². The summed E-state index contributed by atoms with van der Waals surface area (Å²) in [6, 6.07) is 12.8. The number of rotatable bonds is 4. The first kappa shape index (κ1) is 19.1. The van der Waals surface area contributed by atoms with E-state index in [9.17, 15) is 9.59 Å². The van der Waals surface area contributed by atoms with E-state index in [0.29, 0.717) is 17.5 Å². The van der Waals surface area contributed by atoms with Crippen molar-refractivity contribution in [1.29, 1.82) is 0 Å². The highest BCUT2D eigenvalue weighted by Crippen LogP contribution is 2.24. The standard InChI is InChI=1S/C22H27N3O2/c1-15(2)17-9-4-5-10-18(17)24-21(26)19-11-6-12-20(23-19)22(27)25-13-7-8-16(3)14-25/h4-6,9-12,15-16H,7-8,13-14H2,1-3H3,(H,24,26). The molecule has 1 aromatic carbocycles. The molecule has 1 aromatic heterocycles. The average molecular weight is 365 g/mol. The van der Waals surface area contributed by atoms with Crippen molar-refractivity contribution in [2.75, 3.05) is 18.4 Å². The molecule has 2 aromatic rings. The van der Waals surface area contributed by atoms with Crippen LogP contribution in [0.25, 0.3) is 0 Å². The highest BCUT2D eigenvalue weighted by Gasteiger charge is 2.23. The number of anilines is 1. The van der Waals surface area contributed by atoms with Crippen LogP contribution in [0.2, 0.25) is 0 Å². The number of aromatic nitrogens is 1. The van der Waals surface area contributed by atoms with E-state index in [1.165, 1.54) is 0 Å². The van der Waals surface area contributed by atoms with Gasteiger partial charge in [0.15, 0.2) is 0 Å². The number of amides is 2. The molecule has 0 aliphatic carbocycles. The van der Waals surface area contributed by atoms with Crippen molar-refractivity contribution in [3.05, 3.63) is 59.4 Å². The highest BCUT2D eigenvalue weighted by molar-refractivity contribution is 6.04. The smallest absolute Gasteiger partial charge is 0.274 e. The molecule has 1 atom stereocenters. The van der Waals surface area contributed by atoms with E-state index in [-0.39, 0.29) is 17.5 Å². The molecule has 0 radical (unpaired) electrons. The number of likely N-dealkylation sites (tertiary alicyclic amines) is 1. The molecule has 1 unspecified atom stereocenters. The molecule has 5 heteroatoms. The number of hydrogen-bond acceptors (Lipinski definition) is 3. The van der Waals surface area contributed by atoms with Crippen molar-refractivity contribution in [2.24, 2.45) is 5.92 Å². The van der Waals surface area contributed by atoms with E-state index in [4.69, 9.17) is 0 Å². The Balaban J connectivity index is 1.77. The summed E-state index contributed by atoms with van der Waals surface area (Å²) in [4.78, 5) is 31.6. The molecular weight excluding hydrogens is 338 g/mol. The first-order chi connectivity index (χ1) is 13.0. The molecule has 5 nitrogen and oxygen atoms in total. The predicted molar refractivity (Wildman–Crippen MR) is 107 cm³/mol. The van der Waals surface area contributed by atoms with Gasteiger partial charge in [0.1, 0.15) is 11.4 Å². The maximum Gasteiger partial charge on any atom is 0.274 e. The summed E-state index contributed by atoms with van der Waals surface area (Å²) in [5, 5.41) is 2.93. The first-order valence-corrected chi connectivity index (χ1v) is 9.62. The Bertz CT molecular complexity index is 832. The number of nitrogens with one attached hydrogen (secondary N) is 1. The summed E-state index contributed by atoms with van der Waals surface area (Å²) in [6.07, 6.45) is 2.16. The second-order valence-electron chi connectivity index (χ2n) is 7.60. The number of carbonyl (C=O) groups excluding carboxylic acids is 2. The van der Waals surface area contributed by atoms with Gasteiger partial charge in [-0.1, -0.05) is 45.0 Å². The van der Waals surface area contributed by atoms with Gasteiger partial charge in [-0.3, -0.25) is 9.59 Å². The van der Waals surface area contributed by atoms with Gasteiger partial charge in [-0.05, 0) is 48.4 Å². The number of nitrogens with zero attached hydrogens (tertiary/aromatic N) is 2. The SMILES string of the molecule is CC1CCCN(C(=O)c2cccc(C(=O)Nc3ccccc3C(C)C)n2)C1. The molecule has 0 saturated carbocycles. The molecule has 2 heterocycles. The minimum atomic E-state index is -0.301. The Labute approximate surface area is 160 Å². The maximum atomic E-state index is 12.8. The van der Waals surface area contributed by atoms with Crippen molar-refractivity contribution in [2.45, 2.75) is 39.5 Å². The molecule has 1 fully saturated rings. The van der Waals surface area contributed by atoms with Gasteiger partial charge in [-0.25, -0.2) is 4.98 Å². The van der Waals surface area contributed by atoms with Crippen LogP contribution in [0.1, 0.15) is 66.1 Å². The molecule has 27 heavy (non-hydrogen) atoms. The summed E-state index contributed by atoms with van der Waals surface area (Å²) in [5.74, 6) is 0.397. The fourth-order valence-corrected chi connectivity index (χ4v) is 3.52. The molecule has 1 aliphatic rings. The third-order valence-electron chi connectivity index (χ3n) is 4.98. The topological polar surface area (TPSA) is 62.3 Å². The predicted octanol–water partition coefficient (Wildman–Crippen LogP) is 4.33. The monoisotopic (exact) mass is 365 g/mol. The van der Waals surface area contributed by atoms with Gasteiger partial charge >= 0.3 is 0 Å². The Hall–Kier alpha value is -2.69. The molecule has 1 aliphatic heterocycles. The van der Waals surface area contributed by atoms with E-state index in [1.807, 2.05) is 29.2 Å². The zero-order valence-corrected chi connectivity index (χ0v) is 16.2. The third kappa shape index (κ3) is 4.54. The lowest BCUT2D eigenvalue weighted by Gasteiger charge is -2.30. The largest absolute Gasteiger partial charge is 0.337 e. The Morgan fingerprint density at radius 3 is 2.59 bits per heavy atom. The van der Waals surface area contributed by atoms with Crippen molar-refractivity contribution >= 4 is 17.5 Å². The quantitative estimate of drug-likeness (QED) is 0.877. The number of piperidine rings is 1. The van der Waals surface area contributed by atoms with Crippen molar-refractivity contribution in [3.63, 3.8) is 0 Å². The number of carbonyl (C=O) groups is 2. The second kappa shape index (κ2) is 8.33. The van der Waals surface area contributed by atoms with Gasteiger partial charge in [-0.15, -0.1) is 0 Å². The van der Waals surface area contributed by atoms with E-state index in [0.717, 1.165) is 37.2 Å². The lowest BCUT2D eigenvalue weighted by molar-refractivity contribution is 0.0677. The summed E-state index contributed by atoms with van der Waals surface area (Å²) < 4.78 is 0. The van der Waals surface area contributed by atoms with Gasteiger partial charge in [0.05, 0.1) is 0 Å². The summed E-state index contributed by atoms with van der Waals surface area (Å²) in [5.41, 5.74) is 2.43. The highest BCUT2D eigenvalue weighted by atomic mass is 16.2.